The van der Waals surface area contributed by atoms with E-state index in [4.69, 9.17) is 4.74 Å². The Morgan fingerprint density at radius 2 is 2.00 bits per heavy atom. The largest absolute Gasteiger partial charge is 0.494 e. The fourth-order valence-corrected chi connectivity index (χ4v) is 1.83. The summed E-state index contributed by atoms with van der Waals surface area (Å²) in [5.74, 6) is 1.22. The van der Waals surface area contributed by atoms with Gasteiger partial charge in [-0.2, -0.15) is 0 Å². The lowest BCUT2D eigenvalue weighted by molar-refractivity contribution is 0.418. The van der Waals surface area contributed by atoms with E-state index in [-0.39, 0.29) is 0 Å². The Labute approximate surface area is 116 Å². The Bertz CT molecular complexity index is 756. The summed E-state index contributed by atoms with van der Waals surface area (Å²) >= 11 is 0. The van der Waals surface area contributed by atoms with Gasteiger partial charge < -0.3 is 4.74 Å². The van der Waals surface area contributed by atoms with Crippen LogP contribution in [-0.4, -0.2) is 27.3 Å². The fourth-order valence-electron chi connectivity index (χ4n) is 1.83. The number of hydrogen-bond donors (Lipinski definition) is 0. The predicted octanol–water partition coefficient (Wildman–Crippen LogP) is 2.60. The van der Waals surface area contributed by atoms with Gasteiger partial charge in [-0.05, 0) is 35.9 Å². The summed E-state index contributed by atoms with van der Waals surface area (Å²) in [7, 11) is 1.61. The first-order valence-corrected chi connectivity index (χ1v) is 6.12. The molecule has 0 amide bonds. The van der Waals surface area contributed by atoms with Gasteiger partial charge in [0.25, 0.3) is 0 Å². The summed E-state index contributed by atoms with van der Waals surface area (Å²) in [6.07, 6.45) is 7.20. The first-order chi connectivity index (χ1) is 9.86. The van der Waals surface area contributed by atoms with Crippen molar-refractivity contribution in [1.29, 1.82) is 0 Å². The van der Waals surface area contributed by atoms with Crippen molar-refractivity contribution < 1.29 is 4.74 Å². The van der Waals surface area contributed by atoms with Crippen LogP contribution in [0.15, 0.2) is 42.7 Å². The molecule has 0 spiro atoms. The van der Waals surface area contributed by atoms with E-state index >= 15 is 0 Å². The predicted molar refractivity (Wildman–Crippen MR) is 77.1 cm³/mol. The highest BCUT2D eigenvalue weighted by atomic mass is 16.5. The number of aromatic nitrogens is 4. The summed E-state index contributed by atoms with van der Waals surface area (Å²) in [5.41, 5.74) is 2.40. The van der Waals surface area contributed by atoms with Gasteiger partial charge >= 0.3 is 0 Å². The third-order valence-corrected chi connectivity index (χ3v) is 2.79. The van der Waals surface area contributed by atoms with Crippen LogP contribution in [0.25, 0.3) is 23.2 Å². The maximum absolute atomic E-state index is 5.28. The van der Waals surface area contributed by atoms with Crippen molar-refractivity contribution >= 4 is 23.2 Å². The topological polar surface area (TPSA) is 60.8 Å². The molecule has 0 unspecified atom stereocenters. The average Bonchev–Trinajstić information content (AvgIpc) is 2.53. The monoisotopic (exact) mass is 264 g/mol. The summed E-state index contributed by atoms with van der Waals surface area (Å²) in [6.45, 7) is 0. The minimum Gasteiger partial charge on any atom is -0.494 e. The molecule has 0 N–H and O–H groups in total. The molecule has 0 atom stereocenters. The van der Waals surface area contributed by atoms with Crippen molar-refractivity contribution in [3.05, 3.63) is 54.1 Å². The number of hydrogen-bond acceptors (Lipinski definition) is 5. The van der Waals surface area contributed by atoms with Gasteiger partial charge in [0.15, 0.2) is 5.82 Å². The van der Waals surface area contributed by atoms with Crippen LogP contribution in [0, 0.1) is 0 Å². The Hall–Kier alpha value is -2.82. The number of ether oxygens (including phenoxy) is 1. The zero-order valence-corrected chi connectivity index (χ0v) is 10.9. The molecule has 5 heteroatoms. The lowest BCUT2D eigenvalue weighted by Gasteiger charge is -2.03. The van der Waals surface area contributed by atoms with Gasteiger partial charge in [0.05, 0.1) is 7.11 Å². The molecule has 20 heavy (non-hydrogen) atoms. The maximum atomic E-state index is 5.28. The van der Waals surface area contributed by atoms with E-state index in [1.165, 1.54) is 0 Å². The first kappa shape index (κ1) is 12.2. The molecule has 0 aliphatic carbocycles. The molecular weight excluding hydrogens is 252 g/mol. The second kappa shape index (κ2) is 5.44. The van der Waals surface area contributed by atoms with E-state index in [1.807, 2.05) is 36.4 Å². The Morgan fingerprint density at radius 3 is 2.80 bits per heavy atom. The molecule has 98 valence electrons. The summed E-state index contributed by atoms with van der Waals surface area (Å²) < 4.78 is 5.28. The maximum Gasteiger partial charge on any atom is 0.175 e. The molecule has 0 bridgehead atoms. The molecule has 0 saturated carbocycles. The number of methoxy groups -OCH3 is 1. The normalized spacial score (nSPS) is 11.1. The smallest absolute Gasteiger partial charge is 0.175 e. The van der Waals surface area contributed by atoms with Crippen LogP contribution < -0.4 is 4.74 Å². The Morgan fingerprint density at radius 1 is 1.05 bits per heavy atom. The third-order valence-electron chi connectivity index (χ3n) is 2.79. The van der Waals surface area contributed by atoms with E-state index < -0.39 is 0 Å². The summed E-state index contributed by atoms with van der Waals surface area (Å²) in [4.78, 5) is 8.50. The lowest BCUT2D eigenvalue weighted by Crippen LogP contribution is -1.95. The average molecular weight is 264 g/mol. The quantitative estimate of drug-likeness (QED) is 0.727. The standard InChI is InChI=1S/C15H12N4O/c1-20-13-6-2-5-12-15(13)17-14(19-18-12)8-7-11-4-3-9-16-10-11/h2-10H,1H3/b8-7+. The van der Waals surface area contributed by atoms with Gasteiger partial charge in [-0.25, -0.2) is 4.98 Å². The Balaban J connectivity index is 1.99. The van der Waals surface area contributed by atoms with Crippen LogP contribution in [0.2, 0.25) is 0 Å². The molecule has 0 aliphatic heterocycles. The van der Waals surface area contributed by atoms with Gasteiger partial charge in [-0.1, -0.05) is 12.1 Å². The molecule has 2 heterocycles. The molecule has 0 radical (unpaired) electrons. The van der Waals surface area contributed by atoms with Crippen molar-refractivity contribution in [3.8, 4) is 5.75 Å². The van der Waals surface area contributed by atoms with Crippen LogP contribution >= 0.6 is 0 Å². The van der Waals surface area contributed by atoms with Crippen molar-refractivity contribution in [3.63, 3.8) is 0 Å². The minimum absolute atomic E-state index is 0.533. The van der Waals surface area contributed by atoms with Crippen molar-refractivity contribution in [2.24, 2.45) is 0 Å². The van der Waals surface area contributed by atoms with Crippen LogP contribution in [0.4, 0.5) is 0 Å². The SMILES string of the molecule is COc1cccc2nnc(/C=C/c3cccnc3)nc12. The van der Waals surface area contributed by atoms with E-state index in [2.05, 4.69) is 20.2 Å². The highest BCUT2D eigenvalue weighted by Crippen LogP contribution is 2.21. The number of rotatable bonds is 3. The van der Waals surface area contributed by atoms with Crippen LogP contribution in [-0.2, 0) is 0 Å². The Kier molecular flexibility index (Phi) is 3.33. The number of pyridine rings is 1. The summed E-state index contributed by atoms with van der Waals surface area (Å²) in [5, 5.41) is 8.22. The summed E-state index contributed by atoms with van der Waals surface area (Å²) in [6, 6.07) is 9.40. The fraction of sp³-hybridized carbons (Fsp3) is 0.0667. The second-order valence-electron chi connectivity index (χ2n) is 4.12. The number of benzene rings is 1. The molecule has 3 rings (SSSR count). The van der Waals surface area contributed by atoms with Gasteiger partial charge in [0.2, 0.25) is 0 Å². The number of nitrogens with zero attached hydrogens (tertiary/aromatic N) is 4. The van der Waals surface area contributed by atoms with Crippen LogP contribution in [0.1, 0.15) is 11.4 Å². The second-order valence-corrected chi connectivity index (χ2v) is 4.12. The van der Waals surface area contributed by atoms with Gasteiger partial charge in [0.1, 0.15) is 16.8 Å². The molecule has 5 nitrogen and oxygen atoms in total. The first-order valence-electron chi connectivity index (χ1n) is 6.12. The molecule has 0 fully saturated rings. The van der Waals surface area contributed by atoms with Crippen molar-refractivity contribution in [2.75, 3.05) is 7.11 Å². The minimum atomic E-state index is 0.533. The highest BCUT2D eigenvalue weighted by Gasteiger charge is 2.04. The number of fused-ring (bicyclic) bond motifs is 1. The molecule has 2 aromatic heterocycles. The van der Waals surface area contributed by atoms with Crippen LogP contribution in [0.5, 0.6) is 5.75 Å². The van der Waals surface area contributed by atoms with E-state index in [9.17, 15) is 0 Å². The molecule has 3 aromatic rings. The highest BCUT2D eigenvalue weighted by molar-refractivity contribution is 5.81. The van der Waals surface area contributed by atoms with Gasteiger partial charge in [-0.15, -0.1) is 10.2 Å². The molecule has 0 saturated heterocycles. The molecule has 1 aromatic carbocycles. The van der Waals surface area contributed by atoms with Gasteiger partial charge in [0, 0.05) is 12.4 Å². The zero-order chi connectivity index (χ0) is 13.8. The van der Waals surface area contributed by atoms with Gasteiger partial charge in [-0.3, -0.25) is 4.98 Å². The molecule has 0 aliphatic rings. The van der Waals surface area contributed by atoms with E-state index in [0.717, 1.165) is 5.56 Å². The third kappa shape index (κ3) is 2.47. The zero-order valence-electron chi connectivity index (χ0n) is 10.9. The van der Waals surface area contributed by atoms with Crippen molar-refractivity contribution in [2.45, 2.75) is 0 Å². The van der Waals surface area contributed by atoms with Crippen LogP contribution in [0.3, 0.4) is 0 Å². The molecular formula is C15H12N4O. The number of para-hydroxylation sites is 1. The van der Waals surface area contributed by atoms with Crippen molar-refractivity contribution in [1.82, 2.24) is 20.2 Å². The van der Waals surface area contributed by atoms with E-state index in [1.54, 1.807) is 25.6 Å². The van der Waals surface area contributed by atoms with E-state index in [0.29, 0.717) is 22.6 Å². The lowest BCUT2D eigenvalue weighted by atomic mass is 10.2.